The Balaban J connectivity index is 1.78. The maximum atomic E-state index is 12.8. The van der Waals surface area contributed by atoms with E-state index in [4.69, 9.17) is 9.94 Å². The summed E-state index contributed by atoms with van der Waals surface area (Å²) < 4.78 is 12.8. The lowest BCUT2D eigenvalue weighted by Gasteiger charge is -2.28. The number of oxime groups is 1. The number of carboxylic acids is 1. The first-order valence-corrected chi connectivity index (χ1v) is 9.25. The highest BCUT2D eigenvalue weighted by atomic mass is 19.1. The number of hydrogen-bond acceptors (Lipinski definition) is 6. The van der Waals surface area contributed by atoms with Crippen molar-refractivity contribution in [2.45, 2.75) is 43.9 Å². The molecular weight excluding hydrogens is 381 g/mol. The van der Waals surface area contributed by atoms with Gasteiger partial charge in [0.2, 0.25) is 5.60 Å². The van der Waals surface area contributed by atoms with Gasteiger partial charge in [-0.3, -0.25) is 14.6 Å². The molecule has 8 nitrogen and oxygen atoms in total. The van der Waals surface area contributed by atoms with E-state index in [9.17, 15) is 19.1 Å². The molecule has 3 atom stereocenters. The third-order valence-corrected chi connectivity index (χ3v) is 5.03. The van der Waals surface area contributed by atoms with Crippen LogP contribution in [0.15, 0.2) is 41.7 Å². The number of benzene rings is 1. The summed E-state index contributed by atoms with van der Waals surface area (Å²) in [7, 11) is 0. The van der Waals surface area contributed by atoms with Crippen LogP contribution in [-0.2, 0) is 14.4 Å². The molecule has 9 heteroatoms. The Labute approximate surface area is 166 Å². The fraction of sp³-hybridized carbons (Fsp3) is 0.400. The van der Waals surface area contributed by atoms with Gasteiger partial charge < -0.3 is 20.4 Å². The van der Waals surface area contributed by atoms with Crippen LogP contribution in [0, 0.1) is 0 Å². The second-order valence-corrected chi connectivity index (χ2v) is 6.97. The number of carbonyl (C=O) groups is 2. The quantitative estimate of drug-likeness (QED) is 0.618. The topological polar surface area (TPSA) is 121 Å². The molecule has 0 aliphatic carbocycles. The first kappa shape index (κ1) is 20.7. The van der Waals surface area contributed by atoms with Crippen molar-refractivity contribution in [2.24, 2.45) is 5.16 Å². The van der Waals surface area contributed by atoms with Gasteiger partial charge in [-0.15, -0.1) is 0 Å². The number of aliphatic hydroxyl groups is 1. The van der Waals surface area contributed by atoms with E-state index in [1.54, 1.807) is 13.1 Å². The third-order valence-electron chi connectivity index (χ3n) is 5.03. The number of alkyl halides is 1. The molecule has 1 aliphatic heterocycles. The summed E-state index contributed by atoms with van der Waals surface area (Å²) in [5.74, 6) is -1.92. The second-order valence-electron chi connectivity index (χ2n) is 6.97. The van der Waals surface area contributed by atoms with Crippen LogP contribution in [-0.4, -0.2) is 57.2 Å². The van der Waals surface area contributed by atoms with Gasteiger partial charge in [0, 0.05) is 18.0 Å². The predicted octanol–water partition coefficient (Wildman–Crippen LogP) is 1.80. The summed E-state index contributed by atoms with van der Waals surface area (Å²) in [6, 6.07) is 8.25. The Hall–Kier alpha value is -3.07. The molecule has 0 saturated carbocycles. The average molecular weight is 403 g/mol. The highest BCUT2D eigenvalue weighted by Crippen LogP contribution is 2.31. The molecule has 2 unspecified atom stereocenters. The van der Waals surface area contributed by atoms with Crippen molar-refractivity contribution in [3.05, 3.63) is 42.2 Å². The number of rotatable bonds is 8. The predicted molar refractivity (Wildman–Crippen MR) is 103 cm³/mol. The molecule has 0 saturated heterocycles. The van der Waals surface area contributed by atoms with Crippen molar-refractivity contribution in [1.82, 2.24) is 10.3 Å². The van der Waals surface area contributed by atoms with E-state index in [1.807, 2.05) is 30.3 Å². The molecule has 0 bridgehead atoms. The minimum atomic E-state index is -1.63. The maximum absolute atomic E-state index is 12.8. The van der Waals surface area contributed by atoms with Gasteiger partial charge in [0.05, 0.1) is 18.2 Å². The summed E-state index contributed by atoms with van der Waals surface area (Å²) in [6.45, 7) is 0.546. The van der Waals surface area contributed by atoms with Crippen molar-refractivity contribution in [1.29, 1.82) is 0 Å². The number of aromatic nitrogens is 1. The summed E-state index contributed by atoms with van der Waals surface area (Å²) in [5.41, 5.74) is -0.332. The van der Waals surface area contributed by atoms with E-state index in [0.29, 0.717) is 11.4 Å². The van der Waals surface area contributed by atoms with Crippen molar-refractivity contribution in [2.75, 3.05) is 6.67 Å². The van der Waals surface area contributed by atoms with Crippen LogP contribution in [0.5, 0.6) is 0 Å². The van der Waals surface area contributed by atoms with E-state index < -0.39 is 42.7 Å². The monoisotopic (exact) mass is 403 g/mol. The highest BCUT2D eigenvalue weighted by molar-refractivity contribution is 6.06. The number of aliphatic carboxylic acids is 1. The second kappa shape index (κ2) is 8.52. The zero-order chi connectivity index (χ0) is 21.0. The zero-order valence-electron chi connectivity index (χ0n) is 15.8. The average Bonchev–Trinajstić information content (AvgIpc) is 3.18. The van der Waals surface area contributed by atoms with Gasteiger partial charge in [0.25, 0.3) is 5.91 Å². The van der Waals surface area contributed by atoms with Crippen LogP contribution in [0.2, 0.25) is 0 Å². The number of amides is 1. The van der Waals surface area contributed by atoms with E-state index in [0.717, 1.165) is 10.8 Å². The third kappa shape index (κ3) is 4.34. The molecule has 1 aromatic carbocycles. The van der Waals surface area contributed by atoms with Crippen molar-refractivity contribution < 1.29 is 29.0 Å². The Morgan fingerprint density at radius 3 is 2.72 bits per heavy atom. The number of pyridine rings is 1. The lowest BCUT2D eigenvalue weighted by molar-refractivity contribution is -0.147. The largest absolute Gasteiger partial charge is 0.481 e. The molecule has 0 spiro atoms. The number of halogens is 1. The number of carboxylic acid groups (broad SMARTS) is 1. The van der Waals surface area contributed by atoms with Gasteiger partial charge in [-0.05, 0) is 17.9 Å². The number of fused-ring (bicyclic) bond motifs is 1. The molecular formula is C20H22FN3O5. The minimum Gasteiger partial charge on any atom is -0.481 e. The van der Waals surface area contributed by atoms with E-state index in [2.05, 4.69) is 15.5 Å². The van der Waals surface area contributed by atoms with Crippen LogP contribution < -0.4 is 5.32 Å². The summed E-state index contributed by atoms with van der Waals surface area (Å²) in [6.07, 6.45) is -0.180. The van der Waals surface area contributed by atoms with Gasteiger partial charge in [0.15, 0.2) is 0 Å². The molecule has 1 aliphatic rings. The molecule has 3 N–H and O–H groups in total. The maximum Gasteiger partial charge on any atom is 0.305 e. The van der Waals surface area contributed by atoms with Gasteiger partial charge in [-0.25, -0.2) is 4.39 Å². The molecule has 1 amide bonds. The van der Waals surface area contributed by atoms with Crippen LogP contribution >= 0.6 is 0 Å². The fourth-order valence-electron chi connectivity index (χ4n) is 3.21. The number of aliphatic hydroxyl groups excluding tert-OH is 1. The summed E-state index contributed by atoms with van der Waals surface area (Å²) in [4.78, 5) is 33.7. The van der Waals surface area contributed by atoms with Crippen LogP contribution in [0.1, 0.15) is 31.9 Å². The van der Waals surface area contributed by atoms with Gasteiger partial charge in [-0.2, -0.15) is 0 Å². The van der Waals surface area contributed by atoms with Crippen LogP contribution in [0.4, 0.5) is 4.39 Å². The van der Waals surface area contributed by atoms with Crippen molar-refractivity contribution in [3.8, 4) is 0 Å². The molecule has 2 heterocycles. The minimum absolute atomic E-state index is 0.117. The van der Waals surface area contributed by atoms with Gasteiger partial charge in [-0.1, -0.05) is 36.3 Å². The Morgan fingerprint density at radius 1 is 1.34 bits per heavy atom. The molecule has 29 heavy (non-hydrogen) atoms. The Morgan fingerprint density at radius 2 is 2.07 bits per heavy atom. The standard InChI is InChI=1S/C20H22FN3O5/c1-2-20(19(28)23-15(8-18(26)27)17(25)10-21)9-16(24-29-20)14-7-12-5-3-4-6-13(12)11-22-14/h3-7,11,15,17,25H,2,8-10H2,1H3,(H,23,28)(H,26,27)/t15?,17?,20-/m1/s1. The number of carbonyl (C=O) groups excluding carboxylic acids is 1. The molecule has 1 aromatic heterocycles. The number of nitrogens with zero attached hydrogens (tertiary/aromatic N) is 2. The van der Waals surface area contributed by atoms with Crippen molar-refractivity contribution in [3.63, 3.8) is 0 Å². The lowest BCUT2D eigenvalue weighted by Crippen LogP contribution is -2.54. The molecule has 0 radical (unpaired) electrons. The summed E-state index contributed by atoms with van der Waals surface area (Å²) >= 11 is 0. The van der Waals surface area contributed by atoms with E-state index >= 15 is 0 Å². The molecule has 3 rings (SSSR count). The van der Waals surface area contributed by atoms with E-state index in [-0.39, 0.29) is 12.8 Å². The Kier molecular flexibility index (Phi) is 6.07. The highest BCUT2D eigenvalue weighted by Gasteiger charge is 2.46. The Bertz CT molecular complexity index is 951. The van der Waals surface area contributed by atoms with Gasteiger partial charge in [0.1, 0.15) is 18.5 Å². The van der Waals surface area contributed by atoms with Crippen LogP contribution in [0.25, 0.3) is 10.8 Å². The first-order valence-electron chi connectivity index (χ1n) is 9.25. The fourth-order valence-corrected chi connectivity index (χ4v) is 3.21. The lowest BCUT2D eigenvalue weighted by atomic mass is 9.91. The number of nitrogens with one attached hydrogen (secondary N) is 1. The van der Waals surface area contributed by atoms with Crippen molar-refractivity contribution >= 4 is 28.4 Å². The SMILES string of the molecule is CC[C@]1(C(=O)NC(CC(=O)O)C(O)CF)CC(c2cc3ccccc3cn2)=NO1. The van der Waals surface area contributed by atoms with Crippen LogP contribution in [0.3, 0.4) is 0 Å². The molecule has 154 valence electrons. The van der Waals surface area contributed by atoms with Gasteiger partial charge >= 0.3 is 5.97 Å². The van der Waals surface area contributed by atoms with E-state index in [1.165, 1.54) is 0 Å². The zero-order valence-corrected chi connectivity index (χ0v) is 15.8. The molecule has 2 aromatic rings. The normalized spacial score (nSPS) is 20.6. The smallest absolute Gasteiger partial charge is 0.305 e. The summed E-state index contributed by atoms with van der Waals surface area (Å²) in [5, 5.41) is 27.0. The molecule has 0 fully saturated rings. The first-order chi connectivity index (χ1) is 13.9. The number of hydrogen-bond donors (Lipinski definition) is 3.